The molecule has 1 fully saturated rings. The number of hydrogen-bond acceptors (Lipinski definition) is 4. The zero-order chi connectivity index (χ0) is 15.7. The lowest BCUT2D eigenvalue weighted by Crippen LogP contribution is -2.28. The summed E-state index contributed by atoms with van der Waals surface area (Å²) in [6.45, 7) is 5.86. The van der Waals surface area contributed by atoms with Crippen LogP contribution in [0.15, 0.2) is 18.2 Å². The number of nitrogens with one attached hydrogen (secondary N) is 1. The number of ether oxygens (including phenoxy) is 1. The molecule has 0 heterocycles. The zero-order valence-corrected chi connectivity index (χ0v) is 13.3. The number of hydrogen-bond donors (Lipinski definition) is 2. The Balaban J connectivity index is 2.22. The smallest absolute Gasteiger partial charge is 0.412 e. The van der Waals surface area contributed by atoms with Crippen LogP contribution in [0, 0.1) is 0 Å². The van der Waals surface area contributed by atoms with Crippen LogP contribution >= 0.6 is 11.6 Å². The first kappa shape index (κ1) is 16.1. The maximum Gasteiger partial charge on any atom is 0.412 e. The third kappa shape index (κ3) is 4.09. The highest BCUT2D eigenvalue weighted by Crippen LogP contribution is 2.51. The van der Waals surface area contributed by atoms with E-state index in [4.69, 9.17) is 27.1 Å². The summed E-state index contributed by atoms with van der Waals surface area (Å²) in [6, 6.07) is 5.42. The summed E-state index contributed by atoms with van der Waals surface area (Å²) in [6.07, 6.45) is 1.43. The average molecular weight is 313 g/mol. The Hall–Kier alpha value is -1.30. The summed E-state index contributed by atoms with van der Waals surface area (Å²) < 4.78 is 5.28. The molecule has 116 valence electrons. The number of carbonyl (C=O) groups excluding carboxylic acids is 1. The average Bonchev–Trinajstić information content (AvgIpc) is 3.07. The molecule has 0 unspecified atom stereocenters. The van der Waals surface area contributed by atoms with Crippen LogP contribution in [0.5, 0.6) is 0 Å². The third-order valence-corrected chi connectivity index (χ3v) is 3.64. The Labute approximate surface area is 129 Å². The Bertz CT molecular complexity index is 536. The van der Waals surface area contributed by atoms with Gasteiger partial charge in [0.1, 0.15) is 5.60 Å². The van der Waals surface area contributed by atoms with E-state index in [1.165, 1.54) is 0 Å². The van der Waals surface area contributed by atoms with Gasteiger partial charge in [0.05, 0.1) is 6.61 Å². The molecule has 6 heteroatoms. The number of nitrogens with two attached hydrogens (primary N) is 1. The van der Waals surface area contributed by atoms with Crippen molar-refractivity contribution in [3.63, 3.8) is 0 Å². The summed E-state index contributed by atoms with van der Waals surface area (Å²) in [5.41, 5.74) is 0.930. The van der Waals surface area contributed by atoms with Gasteiger partial charge in [-0.2, -0.15) is 0 Å². The number of amides is 1. The molecule has 0 atom stereocenters. The molecule has 0 spiro atoms. The van der Waals surface area contributed by atoms with E-state index >= 15 is 0 Å². The van der Waals surface area contributed by atoms with Gasteiger partial charge in [0.2, 0.25) is 0 Å². The minimum Gasteiger partial charge on any atom is -0.444 e. The molecule has 1 aromatic carbocycles. The van der Waals surface area contributed by atoms with E-state index in [1.54, 1.807) is 12.1 Å². The van der Waals surface area contributed by atoms with Crippen molar-refractivity contribution in [1.82, 2.24) is 0 Å². The molecular formula is C15H21ClN2O3. The normalized spacial score (nSPS) is 16.4. The first-order chi connectivity index (χ1) is 9.76. The monoisotopic (exact) mass is 312 g/mol. The predicted molar refractivity (Wildman–Crippen MR) is 82.4 cm³/mol. The van der Waals surface area contributed by atoms with Crippen LogP contribution in [0.2, 0.25) is 5.02 Å². The molecule has 0 saturated heterocycles. The van der Waals surface area contributed by atoms with Gasteiger partial charge in [-0.25, -0.2) is 10.7 Å². The lowest BCUT2D eigenvalue weighted by Gasteiger charge is -2.22. The van der Waals surface area contributed by atoms with Gasteiger partial charge in [-0.1, -0.05) is 17.7 Å². The van der Waals surface area contributed by atoms with Gasteiger partial charge in [-0.15, -0.1) is 0 Å². The summed E-state index contributed by atoms with van der Waals surface area (Å²) in [4.78, 5) is 16.8. The number of carbonyl (C=O) groups is 1. The second kappa shape index (κ2) is 5.83. The van der Waals surface area contributed by atoms with Crippen LogP contribution in [0.1, 0.15) is 39.2 Å². The van der Waals surface area contributed by atoms with Gasteiger partial charge in [-0.3, -0.25) is 5.32 Å². The van der Waals surface area contributed by atoms with Gasteiger partial charge in [-0.05, 0) is 51.3 Å². The van der Waals surface area contributed by atoms with E-state index in [0.717, 1.165) is 18.4 Å². The number of anilines is 1. The number of benzene rings is 1. The van der Waals surface area contributed by atoms with E-state index in [-0.39, 0.29) is 5.41 Å². The van der Waals surface area contributed by atoms with Gasteiger partial charge in [0.25, 0.3) is 0 Å². The zero-order valence-electron chi connectivity index (χ0n) is 12.5. The van der Waals surface area contributed by atoms with Crippen molar-refractivity contribution in [2.24, 2.45) is 5.90 Å². The fourth-order valence-electron chi connectivity index (χ4n) is 2.30. The van der Waals surface area contributed by atoms with Crippen molar-refractivity contribution in [2.45, 2.75) is 44.6 Å². The Kier molecular flexibility index (Phi) is 4.46. The van der Waals surface area contributed by atoms with Crippen molar-refractivity contribution in [3.8, 4) is 0 Å². The topological polar surface area (TPSA) is 73.6 Å². The van der Waals surface area contributed by atoms with E-state index < -0.39 is 11.7 Å². The van der Waals surface area contributed by atoms with Crippen LogP contribution < -0.4 is 11.2 Å². The fraction of sp³-hybridized carbons (Fsp3) is 0.533. The fourth-order valence-corrected chi connectivity index (χ4v) is 2.47. The summed E-state index contributed by atoms with van der Waals surface area (Å²) in [5.74, 6) is 5.22. The molecule has 1 saturated carbocycles. The number of halogens is 1. The van der Waals surface area contributed by atoms with Crippen LogP contribution in [-0.4, -0.2) is 18.3 Å². The van der Waals surface area contributed by atoms with Crippen molar-refractivity contribution < 1.29 is 14.4 Å². The molecule has 2 rings (SSSR count). The van der Waals surface area contributed by atoms with Crippen LogP contribution in [0.4, 0.5) is 10.5 Å². The molecule has 21 heavy (non-hydrogen) atoms. The van der Waals surface area contributed by atoms with Crippen molar-refractivity contribution in [1.29, 1.82) is 0 Å². The molecule has 3 N–H and O–H groups in total. The molecule has 0 radical (unpaired) electrons. The highest BCUT2D eigenvalue weighted by Gasteiger charge is 2.46. The highest BCUT2D eigenvalue weighted by atomic mass is 35.5. The maximum absolute atomic E-state index is 12.0. The molecule has 0 aromatic heterocycles. The Morgan fingerprint density at radius 2 is 2.10 bits per heavy atom. The molecule has 0 bridgehead atoms. The molecule has 1 amide bonds. The van der Waals surface area contributed by atoms with Gasteiger partial charge < -0.3 is 9.57 Å². The van der Waals surface area contributed by atoms with Crippen molar-refractivity contribution in [3.05, 3.63) is 28.8 Å². The summed E-state index contributed by atoms with van der Waals surface area (Å²) in [5, 5.41) is 3.32. The SMILES string of the molecule is CC(C)(C)OC(=O)Nc1cc(Cl)ccc1C1(CON)CC1. The minimum absolute atomic E-state index is 0.135. The van der Waals surface area contributed by atoms with E-state index in [9.17, 15) is 4.79 Å². The molecule has 1 aromatic rings. The maximum atomic E-state index is 12.0. The highest BCUT2D eigenvalue weighted by molar-refractivity contribution is 6.31. The number of rotatable bonds is 4. The first-order valence-corrected chi connectivity index (χ1v) is 7.25. The Morgan fingerprint density at radius 3 is 2.62 bits per heavy atom. The van der Waals surface area contributed by atoms with Crippen LogP contribution in [-0.2, 0) is 15.0 Å². The van der Waals surface area contributed by atoms with E-state index in [2.05, 4.69) is 5.32 Å². The van der Waals surface area contributed by atoms with Gasteiger partial charge in [0.15, 0.2) is 0 Å². The lowest BCUT2D eigenvalue weighted by atomic mass is 9.95. The lowest BCUT2D eigenvalue weighted by molar-refractivity contribution is 0.0635. The van der Waals surface area contributed by atoms with E-state index in [1.807, 2.05) is 26.8 Å². The molecule has 1 aliphatic carbocycles. The van der Waals surface area contributed by atoms with Gasteiger partial charge in [0, 0.05) is 16.1 Å². The minimum atomic E-state index is -0.555. The molecule has 1 aliphatic rings. The van der Waals surface area contributed by atoms with Crippen LogP contribution in [0.3, 0.4) is 0 Å². The predicted octanol–water partition coefficient (Wildman–Crippen LogP) is 3.61. The van der Waals surface area contributed by atoms with Crippen molar-refractivity contribution in [2.75, 3.05) is 11.9 Å². The van der Waals surface area contributed by atoms with Crippen molar-refractivity contribution >= 4 is 23.4 Å². The molecule has 0 aliphatic heterocycles. The summed E-state index contributed by atoms with van der Waals surface area (Å²) in [7, 11) is 0. The molecule has 5 nitrogen and oxygen atoms in total. The summed E-state index contributed by atoms with van der Waals surface area (Å²) >= 11 is 6.03. The second-order valence-electron chi connectivity index (χ2n) is 6.41. The Morgan fingerprint density at radius 1 is 1.43 bits per heavy atom. The quantitative estimate of drug-likeness (QED) is 0.833. The van der Waals surface area contributed by atoms with Crippen LogP contribution in [0.25, 0.3) is 0 Å². The van der Waals surface area contributed by atoms with E-state index in [0.29, 0.717) is 17.3 Å². The third-order valence-electron chi connectivity index (χ3n) is 3.40. The first-order valence-electron chi connectivity index (χ1n) is 6.87. The second-order valence-corrected chi connectivity index (χ2v) is 6.84. The standard InChI is InChI=1S/C15H21ClN2O3/c1-14(2,3)21-13(19)18-12-8-10(16)4-5-11(12)15(6-7-15)9-20-17/h4-5,8H,6-7,9,17H2,1-3H3,(H,18,19). The molecular weight excluding hydrogens is 292 g/mol. The largest absolute Gasteiger partial charge is 0.444 e. The van der Waals surface area contributed by atoms with Gasteiger partial charge >= 0.3 is 6.09 Å².